The Kier molecular flexibility index (Phi) is 3.43. The van der Waals surface area contributed by atoms with Crippen LogP contribution in [0.25, 0.3) is 0 Å². The first-order valence-electron chi connectivity index (χ1n) is 3.73. The Morgan fingerprint density at radius 3 is 2.71 bits per heavy atom. The molecule has 0 saturated carbocycles. The van der Waals surface area contributed by atoms with Crippen molar-refractivity contribution in [3.63, 3.8) is 0 Å². The Morgan fingerprint density at radius 1 is 1.43 bits per heavy atom. The van der Waals surface area contributed by atoms with E-state index in [0.29, 0.717) is 12.2 Å². The van der Waals surface area contributed by atoms with Crippen LogP contribution in [0.2, 0.25) is 0 Å². The number of hydrogen-bond acceptors (Lipinski definition) is 4. The molecule has 1 aromatic carbocycles. The molecule has 0 fully saturated rings. The van der Waals surface area contributed by atoms with Crippen LogP contribution in [0.1, 0.15) is 5.56 Å². The van der Waals surface area contributed by atoms with Crippen LogP contribution >= 0.6 is 0 Å². The zero-order chi connectivity index (χ0) is 10.6. The molecule has 0 aliphatic rings. The highest BCUT2D eigenvalue weighted by Gasteiger charge is 2.09. The minimum absolute atomic E-state index is 0.0675. The van der Waals surface area contributed by atoms with E-state index in [9.17, 15) is 12.3 Å². The fourth-order valence-corrected chi connectivity index (χ4v) is 1.30. The van der Waals surface area contributed by atoms with E-state index in [2.05, 4.69) is 4.18 Å². The quantitative estimate of drug-likeness (QED) is 0.720. The smallest absolute Gasteiger partial charge is 0.380 e. The lowest BCUT2D eigenvalue weighted by molar-refractivity contribution is 0.184. The Bertz CT molecular complexity index is 402. The number of rotatable bonds is 4. The molecule has 1 rings (SSSR count). The predicted molar refractivity (Wildman–Crippen MR) is 47.8 cm³/mol. The summed E-state index contributed by atoms with van der Waals surface area (Å²) in [4.78, 5) is 0. The second kappa shape index (κ2) is 4.39. The van der Waals surface area contributed by atoms with Gasteiger partial charge in [0.1, 0.15) is 5.75 Å². The van der Waals surface area contributed by atoms with Gasteiger partial charge in [-0.25, -0.2) is 0 Å². The normalized spacial score (nSPS) is 11.3. The number of methoxy groups -OCH3 is 1. The fourth-order valence-electron chi connectivity index (χ4n) is 0.969. The Labute approximate surface area is 81.7 Å². The van der Waals surface area contributed by atoms with Gasteiger partial charge in [-0.3, -0.25) is 0 Å². The molecule has 0 spiro atoms. The average molecular weight is 220 g/mol. The number of benzene rings is 1. The summed E-state index contributed by atoms with van der Waals surface area (Å²) in [6.45, 7) is 0.309. The summed E-state index contributed by atoms with van der Waals surface area (Å²) in [6.07, 6.45) is 0. The van der Waals surface area contributed by atoms with E-state index in [-0.39, 0.29) is 5.75 Å². The molecule has 0 N–H and O–H groups in total. The second-order valence-electron chi connectivity index (χ2n) is 2.56. The van der Waals surface area contributed by atoms with Crippen molar-refractivity contribution in [2.45, 2.75) is 6.61 Å². The maximum Gasteiger partial charge on any atom is 0.488 e. The molecular weight excluding hydrogens is 211 g/mol. The Morgan fingerprint density at radius 2 is 2.14 bits per heavy atom. The van der Waals surface area contributed by atoms with Crippen molar-refractivity contribution >= 4 is 10.5 Å². The third-order valence-corrected chi connectivity index (χ3v) is 1.80. The summed E-state index contributed by atoms with van der Waals surface area (Å²) >= 11 is 0. The molecule has 0 saturated heterocycles. The highest BCUT2D eigenvalue weighted by Crippen LogP contribution is 2.16. The van der Waals surface area contributed by atoms with Gasteiger partial charge >= 0.3 is 10.5 Å². The molecule has 4 nitrogen and oxygen atoms in total. The van der Waals surface area contributed by atoms with Gasteiger partial charge in [0.2, 0.25) is 0 Å². The average Bonchev–Trinajstić information content (AvgIpc) is 2.02. The van der Waals surface area contributed by atoms with Gasteiger partial charge in [-0.05, 0) is 17.7 Å². The van der Waals surface area contributed by atoms with Crippen molar-refractivity contribution < 1.29 is 21.2 Å². The summed E-state index contributed by atoms with van der Waals surface area (Å²) < 4.78 is 41.3. The molecule has 78 valence electrons. The van der Waals surface area contributed by atoms with Gasteiger partial charge in [0, 0.05) is 7.11 Å². The zero-order valence-corrected chi connectivity index (χ0v) is 8.25. The van der Waals surface area contributed by atoms with E-state index in [1.807, 2.05) is 0 Å². The summed E-state index contributed by atoms with van der Waals surface area (Å²) in [5.41, 5.74) is 0.702. The van der Waals surface area contributed by atoms with E-state index < -0.39 is 10.5 Å². The zero-order valence-electron chi connectivity index (χ0n) is 7.44. The lowest BCUT2D eigenvalue weighted by Crippen LogP contribution is -2.01. The van der Waals surface area contributed by atoms with E-state index in [1.54, 1.807) is 12.1 Å². The molecule has 0 amide bonds. The minimum Gasteiger partial charge on any atom is -0.380 e. The maximum absolute atomic E-state index is 12.1. The molecule has 0 heterocycles. The van der Waals surface area contributed by atoms with Crippen molar-refractivity contribution in [1.29, 1.82) is 0 Å². The van der Waals surface area contributed by atoms with Gasteiger partial charge in [0.15, 0.2) is 0 Å². The molecule has 0 aromatic heterocycles. The van der Waals surface area contributed by atoms with Crippen molar-refractivity contribution in [2.75, 3.05) is 7.11 Å². The third-order valence-electron chi connectivity index (χ3n) is 1.41. The van der Waals surface area contributed by atoms with E-state index in [0.717, 1.165) is 0 Å². The second-order valence-corrected chi connectivity index (χ2v) is 3.51. The largest absolute Gasteiger partial charge is 0.488 e. The van der Waals surface area contributed by atoms with Crippen LogP contribution < -0.4 is 4.18 Å². The third kappa shape index (κ3) is 3.71. The van der Waals surface area contributed by atoms with Crippen molar-refractivity contribution in [1.82, 2.24) is 0 Å². The molecule has 0 aliphatic carbocycles. The number of ether oxygens (including phenoxy) is 1. The SMILES string of the molecule is COCc1cccc(OS(=O)(=O)F)c1. The molecule has 1 aromatic rings. The van der Waals surface area contributed by atoms with Crippen LogP contribution in [-0.2, 0) is 21.8 Å². The summed E-state index contributed by atoms with van der Waals surface area (Å²) in [7, 11) is -3.45. The molecule has 0 aliphatic heterocycles. The standard InChI is InChI=1S/C8H9FO4S/c1-12-6-7-3-2-4-8(5-7)13-14(9,10)11/h2-5H,6H2,1H3. The predicted octanol–water partition coefficient (Wildman–Crippen LogP) is 1.43. The first-order valence-corrected chi connectivity index (χ1v) is 5.04. The van der Waals surface area contributed by atoms with Crippen molar-refractivity contribution in [3.05, 3.63) is 29.8 Å². The highest BCUT2D eigenvalue weighted by atomic mass is 32.3. The Balaban J connectivity index is 2.83. The molecule has 0 bridgehead atoms. The summed E-state index contributed by atoms with van der Waals surface area (Å²) in [5, 5.41) is 0. The van der Waals surface area contributed by atoms with Gasteiger partial charge in [-0.15, -0.1) is 0 Å². The van der Waals surface area contributed by atoms with Gasteiger partial charge in [0.25, 0.3) is 0 Å². The number of halogens is 1. The van der Waals surface area contributed by atoms with Crippen LogP contribution in [0.3, 0.4) is 0 Å². The molecule has 0 unspecified atom stereocenters. The van der Waals surface area contributed by atoms with Crippen LogP contribution in [0.15, 0.2) is 24.3 Å². The van der Waals surface area contributed by atoms with Crippen molar-refractivity contribution in [2.24, 2.45) is 0 Å². The summed E-state index contributed by atoms with van der Waals surface area (Å²) in [5.74, 6) is -0.0675. The lowest BCUT2D eigenvalue weighted by atomic mass is 10.2. The topological polar surface area (TPSA) is 52.6 Å². The minimum atomic E-state index is -4.95. The van der Waals surface area contributed by atoms with Crippen LogP contribution in [-0.4, -0.2) is 15.5 Å². The Hall–Kier alpha value is -1.14. The monoisotopic (exact) mass is 220 g/mol. The first-order chi connectivity index (χ1) is 6.51. The van der Waals surface area contributed by atoms with E-state index in [1.165, 1.54) is 19.2 Å². The van der Waals surface area contributed by atoms with Crippen LogP contribution in [0, 0.1) is 0 Å². The van der Waals surface area contributed by atoms with E-state index >= 15 is 0 Å². The molecular formula is C8H9FO4S. The maximum atomic E-state index is 12.1. The van der Waals surface area contributed by atoms with Crippen LogP contribution in [0.5, 0.6) is 5.75 Å². The van der Waals surface area contributed by atoms with Gasteiger partial charge in [-0.2, -0.15) is 8.42 Å². The van der Waals surface area contributed by atoms with Gasteiger partial charge in [0.05, 0.1) is 6.61 Å². The first kappa shape index (κ1) is 10.9. The van der Waals surface area contributed by atoms with Gasteiger partial charge in [-0.1, -0.05) is 16.0 Å². The molecule has 14 heavy (non-hydrogen) atoms. The highest BCUT2D eigenvalue weighted by molar-refractivity contribution is 7.81. The molecule has 6 heteroatoms. The lowest BCUT2D eigenvalue weighted by Gasteiger charge is -2.02. The van der Waals surface area contributed by atoms with E-state index in [4.69, 9.17) is 4.74 Å². The fraction of sp³-hybridized carbons (Fsp3) is 0.250. The molecule has 0 radical (unpaired) electrons. The molecule has 0 atom stereocenters. The van der Waals surface area contributed by atoms with Crippen LogP contribution in [0.4, 0.5) is 3.89 Å². The van der Waals surface area contributed by atoms with Crippen molar-refractivity contribution in [3.8, 4) is 5.75 Å². The van der Waals surface area contributed by atoms with Gasteiger partial charge < -0.3 is 8.92 Å². The number of hydrogen-bond donors (Lipinski definition) is 0. The summed E-state index contributed by atoms with van der Waals surface area (Å²) in [6, 6.07) is 5.99.